The van der Waals surface area contributed by atoms with Crippen LogP contribution in [0.3, 0.4) is 0 Å². The van der Waals surface area contributed by atoms with Crippen molar-refractivity contribution in [2.45, 2.75) is 44.3 Å². The van der Waals surface area contributed by atoms with E-state index in [1.807, 2.05) is 18.2 Å². The van der Waals surface area contributed by atoms with Gasteiger partial charge in [0, 0.05) is 6.61 Å². The van der Waals surface area contributed by atoms with Gasteiger partial charge in [-0.3, -0.25) is 0 Å². The molecular formula is C15H20O3. The Hall–Kier alpha value is -1.06. The summed E-state index contributed by atoms with van der Waals surface area (Å²) in [6, 6.07) is 6.02. The Morgan fingerprint density at radius 3 is 3.00 bits per heavy atom. The molecule has 3 nitrogen and oxygen atoms in total. The summed E-state index contributed by atoms with van der Waals surface area (Å²) in [5, 5.41) is 10.0. The van der Waals surface area contributed by atoms with Gasteiger partial charge in [0.25, 0.3) is 0 Å². The third-order valence-electron chi connectivity index (χ3n) is 3.84. The van der Waals surface area contributed by atoms with Crippen molar-refractivity contribution in [2.75, 3.05) is 13.2 Å². The Morgan fingerprint density at radius 1 is 1.22 bits per heavy atom. The first-order valence-electron chi connectivity index (χ1n) is 6.89. The molecule has 0 aromatic heterocycles. The molecule has 1 aromatic carbocycles. The Labute approximate surface area is 108 Å². The average molecular weight is 248 g/mol. The van der Waals surface area contributed by atoms with Crippen LogP contribution in [0.25, 0.3) is 0 Å². The summed E-state index contributed by atoms with van der Waals surface area (Å²) in [6.45, 7) is 1.54. The summed E-state index contributed by atoms with van der Waals surface area (Å²) in [5.41, 5.74) is 2.25. The van der Waals surface area contributed by atoms with Crippen LogP contribution < -0.4 is 4.74 Å². The molecule has 0 saturated carbocycles. The van der Waals surface area contributed by atoms with Gasteiger partial charge >= 0.3 is 0 Å². The van der Waals surface area contributed by atoms with Crippen molar-refractivity contribution in [3.8, 4) is 5.75 Å². The van der Waals surface area contributed by atoms with Gasteiger partial charge in [0.05, 0.1) is 12.7 Å². The van der Waals surface area contributed by atoms with Gasteiger partial charge in [0.15, 0.2) is 0 Å². The molecule has 1 heterocycles. The van der Waals surface area contributed by atoms with E-state index >= 15 is 0 Å². The highest BCUT2D eigenvalue weighted by Gasteiger charge is 2.23. The highest BCUT2D eigenvalue weighted by Crippen LogP contribution is 2.35. The molecule has 3 heteroatoms. The monoisotopic (exact) mass is 248 g/mol. The van der Waals surface area contributed by atoms with E-state index in [0.29, 0.717) is 6.61 Å². The molecule has 1 saturated heterocycles. The van der Waals surface area contributed by atoms with Gasteiger partial charge in [-0.15, -0.1) is 0 Å². The Bertz CT molecular complexity index is 410. The van der Waals surface area contributed by atoms with Gasteiger partial charge in [-0.2, -0.15) is 0 Å². The fourth-order valence-electron chi connectivity index (χ4n) is 2.88. The van der Waals surface area contributed by atoms with Gasteiger partial charge < -0.3 is 14.6 Å². The molecule has 0 spiro atoms. The molecular weight excluding hydrogens is 228 g/mol. The molecule has 0 bridgehead atoms. The van der Waals surface area contributed by atoms with Gasteiger partial charge in [-0.1, -0.05) is 12.1 Å². The Balaban J connectivity index is 1.81. The number of hydrogen-bond donors (Lipinski definition) is 1. The molecule has 1 aromatic rings. The fraction of sp³-hybridized carbons (Fsp3) is 0.600. The summed E-state index contributed by atoms with van der Waals surface area (Å²) >= 11 is 0. The third-order valence-corrected chi connectivity index (χ3v) is 3.84. The second-order valence-electron chi connectivity index (χ2n) is 5.19. The van der Waals surface area contributed by atoms with Crippen LogP contribution in [0.5, 0.6) is 5.75 Å². The van der Waals surface area contributed by atoms with E-state index in [4.69, 9.17) is 9.47 Å². The predicted molar refractivity (Wildman–Crippen MR) is 68.8 cm³/mol. The lowest BCUT2D eigenvalue weighted by molar-refractivity contribution is 0.00673. The van der Waals surface area contributed by atoms with Gasteiger partial charge in [0.2, 0.25) is 0 Å². The lowest BCUT2D eigenvalue weighted by Crippen LogP contribution is -2.28. The quantitative estimate of drug-likeness (QED) is 0.874. The molecule has 2 aliphatic rings. The number of rotatable bonds is 2. The van der Waals surface area contributed by atoms with Crippen LogP contribution in [-0.4, -0.2) is 24.4 Å². The van der Waals surface area contributed by atoms with E-state index in [9.17, 15) is 5.11 Å². The number of benzene rings is 1. The fourth-order valence-corrected chi connectivity index (χ4v) is 2.88. The van der Waals surface area contributed by atoms with Crippen LogP contribution in [0.4, 0.5) is 0 Å². The second kappa shape index (κ2) is 5.29. The summed E-state index contributed by atoms with van der Waals surface area (Å²) in [6.07, 6.45) is 4.90. The Morgan fingerprint density at radius 2 is 2.17 bits per heavy atom. The maximum atomic E-state index is 10.0. The number of hydrogen-bond acceptors (Lipinski definition) is 3. The summed E-state index contributed by atoms with van der Waals surface area (Å²) in [7, 11) is 0. The van der Waals surface area contributed by atoms with Crippen LogP contribution >= 0.6 is 0 Å². The molecule has 0 amide bonds. The molecule has 1 fully saturated rings. The summed E-state index contributed by atoms with van der Waals surface area (Å²) < 4.78 is 11.5. The normalized spacial score (nSPS) is 27.6. The predicted octanol–water partition coefficient (Wildman–Crippen LogP) is 2.61. The van der Waals surface area contributed by atoms with E-state index < -0.39 is 0 Å². The van der Waals surface area contributed by atoms with Crippen LogP contribution in [-0.2, 0) is 11.2 Å². The molecule has 1 aliphatic heterocycles. The number of aliphatic hydroxyl groups excluding tert-OH is 1. The second-order valence-corrected chi connectivity index (χ2v) is 5.19. The molecule has 3 rings (SSSR count). The van der Waals surface area contributed by atoms with E-state index in [1.165, 1.54) is 5.56 Å². The maximum Gasteiger partial charge on any atom is 0.123 e. The van der Waals surface area contributed by atoms with Crippen LogP contribution in [0.2, 0.25) is 0 Å². The van der Waals surface area contributed by atoms with Crippen LogP contribution in [0.15, 0.2) is 18.2 Å². The van der Waals surface area contributed by atoms with E-state index in [1.54, 1.807) is 0 Å². The van der Waals surface area contributed by atoms with Crippen molar-refractivity contribution in [2.24, 2.45) is 0 Å². The van der Waals surface area contributed by atoms with Gasteiger partial charge in [-0.05, 0) is 49.3 Å². The first-order chi connectivity index (χ1) is 8.84. The molecule has 0 radical (unpaired) electrons. The molecule has 2 unspecified atom stereocenters. The number of fused-ring (bicyclic) bond motifs is 1. The zero-order chi connectivity index (χ0) is 12.4. The highest BCUT2D eigenvalue weighted by atomic mass is 16.5. The van der Waals surface area contributed by atoms with Crippen molar-refractivity contribution in [3.63, 3.8) is 0 Å². The molecule has 1 aliphatic carbocycles. The lowest BCUT2D eigenvalue weighted by atomic mass is 9.89. The first kappa shape index (κ1) is 12.0. The van der Waals surface area contributed by atoms with Crippen LogP contribution in [0, 0.1) is 0 Å². The standard InChI is InChI=1S/C15H20O3/c16-14-7-1-6-13-12(14)5-2-8-15(13)18-11-4-3-9-17-10-11/h2,5,8,11,14,16H,1,3-4,6-7,9-10H2. The van der Waals surface area contributed by atoms with Crippen molar-refractivity contribution < 1.29 is 14.6 Å². The zero-order valence-electron chi connectivity index (χ0n) is 10.6. The first-order valence-corrected chi connectivity index (χ1v) is 6.89. The lowest BCUT2D eigenvalue weighted by Gasteiger charge is -2.28. The van der Waals surface area contributed by atoms with Crippen molar-refractivity contribution in [1.82, 2.24) is 0 Å². The molecule has 98 valence electrons. The molecule has 18 heavy (non-hydrogen) atoms. The molecule has 2 atom stereocenters. The number of aliphatic hydroxyl groups is 1. The van der Waals surface area contributed by atoms with Crippen molar-refractivity contribution in [1.29, 1.82) is 0 Å². The molecule has 1 N–H and O–H groups in total. The topological polar surface area (TPSA) is 38.7 Å². The van der Waals surface area contributed by atoms with E-state index in [0.717, 1.165) is 50.0 Å². The summed E-state index contributed by atoms with van der Waals surface area (Å²) in [4.78, 5) is 0. The average Bonchev–Trinajstić information content (AvgIpc) is 2.41. The van der Waals surface area contributed by atoms with Crippen LogP contribution in [0.1, 0.15) is 42.9 Å². The number of ether oxygens (including phenoxy) is 2. The largest absolute Gasteiger partial charge is 0.488 e. The summed E-state index contributed by atoms with van der Waals surface area (Å²) in [5.74, 6) is 0.946. The van der Waals surface area contributed by atoms with E-state index in [-0.39, 0.29) is 12.2 Å². The minimum atomic E-state index is -0.320. The van der Waals surface area contributed by atoms with Crippen molar-refractivity contribution in [3.05, 3.63) is 29.3 Å². The minimum Gasteiger partial charge on any atom is -0.488 e. The zero-order valence-corrected chi connectivity index (χ0v) is 10.6. The Kier molecular flexibility index (Phi) is 3.52. The highest BCUT2D eigenvalue weighted by molar-refractivity contribution is 5.43. The van der Waals surface area contributed by atoms with Crippen molar-refractivity contribution >= 4 is 0 Å². The smallest absolute Gasteiger partial charge is 0.123 e. The third kappa shape index (κ3) is 2.38. The van der Waals surface area contributed by atoms with E-state index in [2.05, 4.69) is 0 Å². The maximum absolute atomic E-state index is 10.0. The van der Waals surface area contributed by atoms with Gasteiger partial charge in [0.1, 0.15) is 11.9 Å². The minimum absolute atomic E-state index is 0.171. The van der Waals surface area contributed by atoms with Gasteiger partial charge in [-0.25, -0.2) is 0 Å². The SMILES string of the molecule is OC1CCCc2c(OC3CCCOC3)cccc21.